The fraction of sp³-hybridized carbons (Fsp3) is 0.294. The molecule has 2 heterocycles. The molecule has 120 valence electrons. The van der Waals surface area contributed by atoms with E-state index in [4.69, 9.17) is 16.3 Å². The number of ether oxygens (including phenoxy) is 1. The Kier molecular flexibility index (Phi) is 5.10. The SMILES string of the molecule is O=C(Nc1ccc(OCc2cccnc2)c(Cl)c1)C1CCCN1. The van der Waals surface area contributed by atoms with E-state index in [1.807, 2.05) is 12.1 Å². The van der Waals surface area contributed by atoms with Gasteiger partial charge in [0.2, 0.25) is 5.91 Å². The minimum atomic E-state index is -0.115. The minimum absolute atomic E-state index is 0.0254. The van der Waals surface area contributed by atoms with Crippen LogP contribution in [0.2, 0.25) is 5.02 Å². The second-order valence-corrected chi connectivity index (χ2v) is 5.84. The lowest BCUT2D eigenvalue weighted by Gasteiger charge is -2.13. The summed E-state index contributed by atoms with van der Waals surface area (Å²) < 4.78 is 5.69. The fourth-order valence-corrected chi connectivity index (χ4v) is 2.71. The van der Waals surface area contributed by atoms with Crippen LogP contribution in [-0.2, 0) is 11.4 Å². The van der Waals surface area contributed by atoms with Crippen LogP contribution in [0.25, 0.3) is 0 Å². The van der Waals surface area contributed by atoms with Crippen molar-refractivity contribution in [1.29, 1.82) is 0 Å². The Balaban J connectivity index is 1.60. The summed E-state index contributed by atoms with van der Waals surface area (Å²) in [7, 11) is 0. The van der Waals surface area contributed by atoms with E-state index in [-0.39, 0.29) is 11.9 Å². The van der Waals surface area contributed by atoms with Crippen molar-refractivity contribution in [2.24, 2.45) is 0 Å². The number of pyridine rings is 1. The van der Waals surface area contributed by atoms with Gasteiger partial charge < -0.3 is 15.4 Å². The Morgan fingerprint density at radius 1 is 1.43 bits per heavy atom. The lowest BCUT2D eigenvalue weighted by atomic mass is 10.2. The summed E-state index contributed by atoms with van der Waals surface area (Å²) in [6, 6.07) is 8.93. The second-order valence-electron chi connectivity index (χ2n) is 5.43. The average molecular weight is 332 g/mol. The Morgan fingerprint density at radius 3 is 3.04 bits per heavy atom. The smallest absolute Gasteiger partial charge is 0.241 e. The third-order valence-corrected chi connectivity index (χ3v) is 3.99. The monoisotopic (exact) mass is 331 g/mol. The van der Waals surface area contributed by atoms with E-state index in [2.05, 4.69) is 15.6 Å². The van der Waals surface area contributed by atoms with E-state index >= 15 is 0 Å². The number of hydrogen-bond acceptors (Lipinski definition) is 4. The van der Waals surface area contributed by atoms with Crippen molar-refractivity contribution in [2.45, 2.75) is 25.5 Å². The first-order valence-electron chi connectivity index (χ1n) is 7.58. The molecule has 0 saturated carbocycles. The third kappa shape index (κ3) is 4.21. The number of amides is 1. The van der Waals surface area contributed by atoms with Crippen molar-refractivity contribution >= 4 is 23.2 Å². The zero-order valence-corrected chi connectivity index (χ0v) is 13.3. The highest BCUT2D eigenvalue weighted by Gasteiger charge is 2.22. The number of halogens is 1. The molecule has 2 aromatic rings. The van der Waals surface area contributed by atoms with Gasteiger partial charge in [0.1, 0.15) is 12.4 Å². The summed E-state index contributed by atoms with van der Waals surface area (Å²) >= 11 is 6.23. The van der Waals surface area contributed by atoms with E-state index in [1.54, 1.807) is 30.6 Å². The predicted octanol–water partition coefficient (Wildman–Crippen LogP) is 3.00. The molecule has 1 aliphatic heterocycles. The van der Waals surface area contributed by atoms with Crippen LogP contribution in [0.1, 0.15) is 18.4 Å². The molecule has 6 heteroatoms. The molecule has 5 nitrogen and oxygen atoms in total. The highest BCUT2D eigenvalue weighted by molar-refractivity contribution is 6.32. The van der Waals surface area contributed by atoms with Crippen LogP contribution >= 0.6 is 11.6 Å². The van der Waals surface area contributed by atoms with Crippen molar-refractivity contribution in [3.8, 4) is 5.75 Å². The summed E-state index contributed by atoms with van der Waals surface area (Å²) in [5.41, 5.74) is 1.63. The normalized spacial score (nSPS) is 17.0. The Morgan fingerprint density at radius 2 is 2.35 bits per heavy atom. The zero-order valence-electron chi connectivity index (χ0n) is 12.6. The summed E-state index contributed by atoms with van der Waals surface area (Å²) in [4.78, 5) is 16.1. The van der Waals surface area contributed by atoms with Crippen molar-refractivity contribution in [3.63, 3.8) is 0 Å². The minimum Gasteiger partial charge on any atom is -0.487 e. The highest BCUT2D eigenvalue weighted by Crippen LogP contribution is 2.28. The van der Waals surface area contributed by atoms with Gasteiger partial charge in [0.15, 0.2) is 0 Å². The van der Waals surface area contributed by atoms with Crippen LogP contribution < -0.4 is 15.4 Å². The number of hydrogen-bond donors (Lipinski definition) is 2. The average Bonchev–Trinajstić information content (AvgIpc) is 3.10. The molecule has 1 aromatic heterocycles. The van der Waals surface area contributed by atoms with Crippen molar-refractivity contribution in [1.82, 2.24) is 10.3 Å². The van der Waals surface area contributed by atoms with Crippen LogP contribution in [0.15, 0.2) is 42.7 Å². The molecule has 1 unspecified atom stereocenters. The Labute approximate surface area is 140 Å². The first kappa shape index (κ1) is 15.8. The number of rotatable bonds is 5. The maximum absolute atomic E-state index is 12.1. The highest BCUT2D eigenvalue weighted by atomic mass is 35.5. The molecule has 1 atom stereocenters. The summed E-state index contributed by atoms with van der Waals surface area (Å²) in [6.45, 7) is 1.28. The van der Waals surface area contributed by atoms with Gasteiger partial charge in [0, 0.05) is 23.6 Å². The van der Waals surface area contributed by atoms with Gasteiger partial charge in [-0.25, -0.2) is 0 Å². The van der Waals surface area contributed by atoms with Crippen molar-refractivity contribution < 1.29 is 9.53 Å². The van der Waals surface area contributed by atoms with Crippen LogP contribution in [0, 0.1) is 0 Å². The summed E-state index contributed by atoms with van der Waals surface area (Å²) in [5, 5.41) is 6.50. The van der Waals surface area contributed by atoms with Gasteiger partial charge in [-0.05, 0) is 43.7 Å². The molecule has 3 rings (SSSR count). The molecular formula is C17H18ClN3O2. The molecule has 1 aliphatic rings. The van der Waals surface area contributed by atoms with Crippen LogP contribution in [-0.4, -0.2) is 23.5 Å². The lowest BCUT2D eigenvalue weighted by molar-refractivity contribution is -0.117. The molecule has 0 radical (unpaired) electrons. The maximum atomic E-state index is 12.1. The largest absolute Gasteiger partial charge is 0.487 e. The van der Waals surface area contributed by atoms with E-state index in [0.29, 0.717) is 23.1 Å². The maximum Gasteiger partial charge on any atom is 0.241 e. The molecule has 1 amide bonds. The molecule has 1 fully saturated rings. The molecule has 1 aromatic carbocycles. The van der Waals surface area contributed by atoms with Gasteiger partial charge in [-0.1, -0.05) is 17.7 Å². The van der Waals surface area contributed by atoms with Gasteiger partial charge in [0.25, 0.3) is 0 Å². The predicted molar refractivity (Wildman–Crippen MR) is 89.7 cm³/mol. The molecule has 0 aliphatic carbocycles. The molecule has 1 saturated heterocycles. The number of aromatic nitrogens is 1. The van der Waals surface area contributed by atoms with Gasteiger partial charge in [-0.15, -0.1) is 0 Å². The standard InChI is InChI=1S/C17H18ClN3O2/c18-14-9-13(21-17(22)15-4-2-8-20-15)5-6-16(14)23-11-12-3-1-7-19-10-12/h1,3,5-7,9-10,15,20H,2,4,8,11H2,(H,21,22). The molecule has 23 heavy (non-hydrogen) atoms. The van der Waals surface area contributed by atoms with Crippen LogP contribution in [0.5, 0.6) is 5.75 Å². The molecule has 2 N–H and O–H groups in total. The summed E-state index contributed by atoms with van der Waals surface area (Å²) in [6.07, 6.45) is 5.36. The number of carbonyl (C=O) groups excluding carboxylic acids is 1. The number of anilines is 1. The van der Waals surface area contributed by atoms with Gasteiger partial charge >= 0.3 is 0 Å². The number of nitrogens with zero attached hydrogens (tertiary/aromatic N) is 1. The lowest BCUT2D eigenvalue weighted by Crippen LogP contribution is -2.35. The first-order chi connectivity index (χ1) is 11.2. The number of carbonyl (C=O) groups is 1. The Hall–Kier alpha value is -2.11. The third-order valence-electron chi connectivity index (χ3n) is 3.69. The van der Waals surface area contributed by atoms with Crippen molar-refractivity contribution in [3.05, 3.63) is 53.3 Å². The molecule has 0 bridgehead atoms. The number of nitrogens with one attached hydrogen (secondary N) is 2. The van der Waals surface area contributed by atoms with Crippen LogP contribution in [0.4, 0.5) is 5.69 Å². The van der Waals surface area contributed by atoms with E-state index < -0.39 is 0 Å². The fourth-order valence-electron chi connectivity index (χ4n) is 2.48. The van der Waals surface area contributed by atoms with Gasteiger partial charge in [-0.3, -0.25) is 9.78 Å². The molecular weight excluding hydrogens is 314 g/mol. The first-order valence-corrected chi connectivity index (χ1v) is 7.96. The topological polar surface area (TPSA) is 63.2 Å². The zero-order chi connectivity index (χ0) is 16.1. The van der Waals surface area contributed by atoms with E-state index in [0.717, 1.165) is 24.9 Å². The second kappa shape index (κ2) is 7.44. The van der Waals surface area contributed by atoms with E-state index in [1.165, 1.54) is 0 Å². The quantitative estimate of drug-likeness (QED) is 0.884. The molecule has 0 spiro atoms. The van der Waals surface area contributed by atoms with Gasteiger partial charge in [-0.2, -0.15) is 0 Å². The Bertz CT molecular complexity index is 673. The van der Waals surface area contributed by atoms with Crippen LogP contribution in [0.3, 0.4) is 0 Å². The summed E-state index contributed by atoms with van der Waals surface area (Å²) in [5.74, 6) is 0.551. The van der Waals surface area contributed by atoms with Gasteiger partial charge in [0.05, 0.1) is 11.1 Å². The van der Waals surface area contributed by atoms with E-state index in [9.17, 15) is 4.79 Å². The van der Waals surface area contributed by atoms with Crippen molar-refractivity contribution in [2.75, 3.05) is 11.9 Å². The number of benzene rings is 1.